The van der Waals surface area contributed by atoms with Gasteiger partial charge in [-0.3, -0.25) is 4.98 Å². The molecule has 2 heteroatoms. The number of pyridine rings is 1. The van der Waals surface area contributed by atoms with E-state index in [1.807, 2.05) is 6.20 Å². The molecular formula is C44H36N2. The fourth-order valence-corrected chi connectivity index (χ4v) is 6.09. The maximum Gasteiger partial charge on any atom is 0.0703 e. The van der Waals surface area contributed by atoms with Gasteiger partial charge in [-0.05, 0) is 75.8 Å². The molecule has 0 saturated heterocycles. The van der Waals surface area contributed by atoms with Crippen molar-refractivity contribution in [3.63, 3.8) is 0 Å². The van der Waals surface area contributed by atoms with Crippen molar-refractivity contribution in [3.05, 3.63) is 193 Å². The first-order chi connectivity index (χ1) is 22.6. The lowest BCUT2D eigenvalue weighted by molar-refractivity contribution is 0.641. The SMILES string of the molecule is CC(C)(c1ccccc1)c1cccc(-c2ccc(N(c3ccc(-c4ccccc4)cc3)c3ccc(-c4ccccc4)cc3)cn2)c1. The van der Waals surface area contributed by atoms with Crippen molar-refractivity contribution in [1.29, 1.82) is 0 Å². The lowest BCUT2D eigenvalue weighted by Gasteiger charge is -2.27. The highest BCUT2D eigenvalue weighted by atomic mass is 15.1. The Morgan fingerprint density at radius 2 is 0.826 bits per heavy atom. The van der Waals surface area contributed by atoms with Gasteiger partial charge in [0.05, 0.1) is 17.6 Å². The monoisotopic (exact) mass is 592 g/mol. The summed E-state index contributed by atoms with van der Waals surface area (Å²) < 4.78 is 0. The third-order valence-electron chi connectivity index (χ3n) is 8.85. The molecule has 0 bridgehead atoms. The average Bonchev–Trinajstić information content (AvgIpc) is 3.14. The number of rotatable bonds is 8. The fourth-order valence-electron chi connectivity index (χ4n) is 6.09. The largest absolute Gasteiger partial charge is 0.309 e. The third kappa shape index (κ3) is 5.98. The van der Waals surface area contributed by atoms with Gasteiger partial charge in [-0.2, -0.15) is 0 Å². The van der Waals surface area contributed by atoms with Crippen LogP contribution in [0.5, 0.6) is 0 Å². The van der Waals surface area contributed by atoms with Gasteiger partial charge in [0.1, 0.15) is 0 Å². The van der Waals surface area contributed by atoms with Crippen LogP contribution in [-0.4, -0.2) is 4.98 Å². The van der Waals surface area contributed by atoms with Crippen molar-refractivity contribution in [2.75, 3.05) is 4.90 Å². The van der Waals surface area contributed by atoms with Crippen molar-refractivity contribution in [3.8, 4) is 33.5 Å². The maximum absolute atomic E-state index is 5.01. The van der Waals surface area contributed by atoms with Crippen LogP contribution >= 0.6 is 0 Å². The Balaban J connectivity index is 1.23. The van der Waals surface area contributed by atoms with E-state index >= 15 is 0 Å². The van der Waals surface area contributed by atoms with E-state index in [0.29, 0.717) is 0 Å². The quantitative estimate of drug-likeness (QED) is 0.174. The van der Waals surface area contributed by atoms with E-state index in [1.54, 1.807) is 0 Å². The highest BCUT2D eigenvalue weighted by Crippen LogP contribution is 2.38. The van der Waals surface area contributed by atoms with Crippen LogP contribution in [0.3, 0.4) is 0 Å². The van der Waals surface area contributed by atoms with E-state index in [2.05, 4.69) is 195 Å². The summed E-state index contributed by atoms with van der Waals surface area (Å²) in [5, 5.41) is 0. The minimum atomic E-state index is -0.119. The average molecular weight is 593 g/mol. The molecule has 0 radical (unpaired) electrons. The zero-order chi connectivity index (χ0) is 31.3. The van der Waals surface area contributed by atoms with Crippen molar-refractivity contribution in [1.82, 2.24) is 4.98 Å². The highest BCUT2D eigenvalue weighted by Gasteiger charge is 2.23. The predicted molar refractivity (Wildman–Crippen MR) is 194 cm³/mol. The second-order valence-electron chi connectivity index (χ2n) is 12.1. The van der Waals surface area contributed by atoms with Gasteiger partial charge < -0.3 is 4.90 Å². The first kappa shape index (κ1) is 29.0. The van der Waals surface area contributed by atoms with Crippen molar-refractivity contribution in [2.24, 2.45) is 0 Å². The topological polar surface area (TPSA) is 16.1 Å². The molecule has 7 rings (SSSR count). The van der Waals surface area contributed by atoms with Crippen LogP contribution in [0.15, 0.2) is 182 Å². The molecule has 0 atom stereocenters. The van der Waals surface area contributed by atoms with E-state index in [1.165, 1.54) is 33.4 Å². The second-order valence-corrected chi connectivity index (χ2v) is 12.1. The molecule has 0 spiro atoms. The van der Waals surface area contributed by atoms with Crippen LogP contribution in [0.1, 0.15) is 25.0 Å². The molecule has 0 amide bonds. The Bertz CT molecular complexity index is 1930. The van der Waals surface area contributed by atoms with Gasteiger partial charge >= 0.3 is 0 Å². The lowest BCUT2D eigenvalue weighted by Crippen LogP contribution is -2.18. The summed E-state index contributed by atoms with van der Waals surface area (Å²) in [4.78, 5) is 7.28. The first-order valence-electron chi connectivity index (χ1n) is 15.8. The zero-order valence-corrected chi connectivity index (χ0v) is 26.2. The molecule has 0 aliphatic heterocycles. The Morgan fingerprint density at radius 3 is 1.33 bits per heavy atom. The molecule has 0 fully saturated rings. The van der Waals surface area contributed by atoms with E-state index in [4.69, 9.17) is 4.98 Å². The molecule has 1 heterocycles. The maximum atomic E-state index is 5.01. The molecule has 0 N–H and O–H groups in total. The van der Waals surface area contributed by atoms with E-state index < -0.39 is 0 Å². The fraction of sp³-hybridized carbons (Fsp3) is 0.0682. The summed E-state index contributed by atoms with van der Waals surface area (Å²) >= 11 is 0. The Kier molecular flexibility index (Phi) is 8.01. The number of nitrogens with zero attached hydrogens (tertiary/aromatic N) is 2. The van der Waals surface area contributed by atoms with Crippen LogP contribution in [0, 0.1) is 0 Å². The molecule has 0 saturated carbocycles. The number of hydrogen-bond donors (Lipinski definition) is 0. The van der Waals surface area contributed by atoms with Gasteiger partial charge in [0.25, 0.3) is 0 Å². The number of aromatic nitrogens is 1. The van der Waals surface area contributed by atoms with Crippen molar-refractivity contribution >= 4 is 17.1 Å². The highest BCUT2D eigenvalue weighted by molar-refractivity contribution is 5.80. The molecule has 7 aromatic rings. The van der Waals surface area contributed by atoms with Crippen LogP contribution < -0.4 is 4.90 Å². The molecule has 0 aliphatic rings. The summed E-state index contributed by atoms with van der Waals surface area (Å²) in [5.41, 5.74) is 12.5. The molecule has 6 aromatic carbocycles. The van der Waals surface area contributed by atoms with Crippen molar-refractivity contribution in [2.45, 2.75) is 19.3 Å². The van der Waals surface area contributed by atoms with Crippen LogP contribution in [0.4, 0.5) is 17.1 Å². The standard InChI is InChI=1S/C44H36N2/c1-44(2,38-18-10-5-11-19-38)39-20-12-17-37(31-39)43-30-29-42(32-45-43)46(40-25-21-35(22-26-40)33-13-6-3-7-14-33)41-27-23-36(24-28-41)34-15-8-4-9-16-34/h3-32H,1-2H3. The second kappa shape index (κ2) is 12.7. The Labute approximate surface area is 272 Å². The molecule has 1 aromatic heterocycles. The number of hydrogen-bond acceptors (Lipinski definition) is 2. The molecular weight excluding hydrogens is 556 g/mol. The smallest absolute Gasteiger partial charge is 0.0703 e. The van der Waals surface area contributed by atoms with E-state index in [0.717, 1.165) is 28.3 Å². The third-order valence-corrected chi connectivity index (χ3v) is 8.85. The number of benzene rings is 6. The van der Waals surface area contributed by atoms with Gasteiger partial charge in [-0.15, -0.1) is 0 Å². The summed E-state index contributed by atoms with van der Waals surface area (Å²) in [6.45, 7) is 4.56. The van der Waals surface area contributed by atoms with Crippen LogP contribution in [0.25, 0.3) is 33.5 Å². The molecule has 222 valence electrons. The minimum absolute atomic E-state index is 0.119. The van der Waals surface area contributed by atoms with Crippen LogP contribution in [-0.2, 0) is 5.41 Å². The number of anilines is 3. The summed E-state index contributed by atoms with van der Waals surface area (Å²) in [7, 11) is 0. The Hall–Kier alpha value is -5.73. The lowest BCUT2D eigenvalue weighted by atomic mass is 9.77. The predicted octanol–water partition coefficient (Wildman–Crippen LogP) is 11.9. The van der Waals surface area contributed by atoms with E-state index in [9.17, 15) is 0 Å². The molecule has 2 nitrogen and oxygen atoms in total. The molecule has 46 heavy (non-hydrogen) atoms. The van der Waals surface area contributed by atoms with Gasteiger partial charge in [0.2, 0.25) is 0 Å². The van der Waals surface area contributed by atoms with Crippen LogP contribution in [0.2, 0.25) is 0 Å². The summed E-state index contributed by atoms with van der Waals surface area (Å²) in [6.07, 6.45) is 1.99. The van der Waals surface area contributed by atoms with Gasteiger partial charge in [0.15, 0.2) is 0 Å². The van der Waals surface area contributed by atoms with Crippen molar-refractivity contribution < 1.29 is 0 Å². The van der Waals surface area contributed by atoms with Gasteiger partial charge in [-0.1, -0.05) is 147 Å². The zero-order valence-electron chi connectivity index (χ0n) is 26.2. The minimum Gasteiger partial charge on any atom is -0.309 e. The normalized spacial score (nSPS) is 11.3. The Morgan fingerprint density at radius 1 is 0.391 bits per heavy atom. The van der Waals surface area contributed by atoms with E-state index in [-0.39, 0.29) is 5.41 Å². The summed E-state index contributed by atoms with van der Waals surface area (Å²) in [6, 6.07) is 62.3. The summed E-state index contributed by atoms with van der Waals surface area (Å²) in [5.74, 6) is 0. The molecule has 0 unspecified atom stereocenters. The van der Waals surface area contributed by atoms with Gasteiger partial charge in [-0.25, -0.2) is 0 Å². The first-order valence-corrected chi connectivity index (χ1v) is 15.8. The van der Waals surface area contributed by atoms with Gasteiger partial charge in [0, 0.05) is 22.4 Å². The molecule has 0 aliphatic carbocycles.